The second-order valence-electron chi connectivity index (χ2n) is 4.20. The Morgan fingerprint density at radius 2 is 1.50 bits per heavy atom. The molecule has 1 aliphatic rings. The fourth-order valence-corrected chi connectivity index (χ4v) is 2.22. The fraction of sp³-hybridized carbons (Fsp3) is 0.500. The first-order valence-electron chi connectivity index (χ1n) is 5.78. The summed E-state index contributed by atoms with van der Waals surface area (Å²) in [4.78, 5) is 1.42. The lowest BCUT2D eigenvalue weighted by Gasteiger charge is -2.34. The summed E-state index contributed by atoms with van der Waals surface area (Å²) in [5.41, 5.74) is -0.533. The highest BCUT2D eigenvalue weighted by atomic mass is 35.5. The van der Waals surface area contributed by atoms with E-state index < -0.39 is 29.7 Å². The van der Waals surface area contributed by atoms with E-state index in [0.717, 1.165) is 12.1 Å². The molecular weight excluding hydrogens is 319 g/mol. The highest BCUT2D eigenvalue weighted by Gasteiger charge is 2.34. The van der Waals surface area contributed by atoms with Crippen LogP contribution in [0.1, 0.15) is 11.6 Å². The second-order valence-corrected chi connectivity index (χ2v) is 4.20. The summed E-state index contributed by atoms with van der Waals surface area (Å²) in [7, 11) is 0. The van der Waals surface area contributed by atoms with E-state index in [2.05, 4.69) is 5.32 Å². The van der Waals surface area contributed by atoms with E-state index in [1.54, 1.807) is 0 Å². The Hall–Kier alpha value is -0.560. The number of halogens is 6. The van der Waals surface area contributed by atoms with Crippen LogP contribution in [0.15, 0.2) is 18.2 Å². The maximum Gasteiger partial charge on any atom is 0.258 e. The van der Waals surface area contributed by atoms with Gasteiger partial charge in [-0.1, -0.05) is 6.07 Å². The lowest BCUT2D eigenvalue weighted by Crippen LogP contribution is -2.47. The molecule has 0 saturated carbocycles. The summed E-state index contributed by atoms with van der Waals surface area (Å²) in [6.45, 7) is 1.78. The van der Waals surface area contributed by atoms with Gasteiger partial charge in [-0.2, -0.15) is 0 Å². The Balaban J connectivity index is 0.00000180. The molecule has 0 spiro atoms. The zero-order chi connectivity index (χ0) is 13.1. The number of piperazine rings is 1. The van der Waals surface area contributed by atoms with Gasteiger partial charge in [-0.15, -0.1) is 24.8 Å². The summed E-state index contributed by atoms with van der Waals surface area (Å²) < 4.78 is 53.5. The minimum absolute atomic E-state index is 0. The second kappa shape index (κ2) is 8.67. The molecule has 1 heterocycles. The lowest BCUT2D eigenvalue weighted by atomic mass is 10.0. The summed E-state index contributed by atoms with van der Waals surface area (Å²) in [6.07, 6.45) is -2.82. The number of alkyl halides is 2. The van der Waals surface area contributed by atoms with Crippen LogP contribution in [-0.2, 0) is 0 Å². The zero-order valence-electron chi connectivity index (χ0n) is 10.5. The number of nitrogens with zero attached hydrogens (tertiary/aromatic N) is 1. The van der Waals surface area contributed by atoms with Crippen molar-refractivity contribution >= 4 is 24.8 Å². The van der Waals surface area contributed by atoms with Gasteiger partial charge in [0.05, 0.1) is 0 Å². The van der Waals surface area contributed by atoms with Crippen LogP contribution in [0.5, 0.6) is 0 Å². The van der Waals surface area contributed by atoms with Crippen molar-refractivity contribution in [1.29, 1.82) is 0 Å². The Kier molecular flexibility index (Phi) is 8.42. The quantitative estimate of drug-likeness (QED) is 0.855. The van der Waals surface area contributed by atoms with Gasteiger partial charge in [-0.05, 0) is 12.1 Å². The molecule has 2 nitrogen and oxygen atoms in total. The molecule has 1 aromatic carbocycles. The van der Waals surface area contributed by atoms with Gasteiger partial charge in [0.2, 0.25) is 0 Å². The highest BCUT2D eigenvalue weighted by molar-refractivity contribution is 5.85. The van der Waals surface area contributed by atoms with Crippen LogP contribution in [-0.4, -0.2) is 37.5 Å². The van der Waals surface area contributed by atoms with Crippen molar-refractivity contribution in [2.45, 2.75) is 12.5 Å². The van der Waals surface area contributed by atoms with E-state index in [-0.39, 0.29) is 24.8 Å². The molecule has 0 bridgehead atoms. The Morgan fingerprint density at radius 3 is 1.95 bits per heavy atom. The molecule has 0 aromatic heterocycles. The smallest absolute Gasteiger partial charge is 0.258 e. The Bertz CT molecular complexity index is 394. The Morgan fingerprint density at radius 1 is 1.00 bits per heavy atom. The number of nitrogens with one attached hydrogen (secondary N) is 1. The van der Waals surface area contributed by atoms with Crippen LogP contribution >= 0.6 is 24.8 Å². The van der Waals surface area contributed by atoms with Crippen LogP contribution in [0.2, 0.25) is 0 Å². The predicted molar refractivity (Wildman–Crippen MR) is 74.0 cm³/mol. The SMILES string of the molecule is Cl.Cl.Fc1cccc(F)c1[C@@H](C(F)F)N1CCNCC1. The monoisotopic (exact) mass is 334 g/mol. The van der Waals surface area contributed by atoms with Crippen LogP contribution < -0.4 is 5.32 Å². The first-order chi connectivity index (χ1) is 8.61. The zero-order valence-corrected chi connectivity index (χ0v) is 12.1. The van der Waals surface area contributed by atoms with Crippen molar-refractivity contribution < 1.29 is 17.6 Å². The van der Waals surface area contributed by atoms with E-state index in [1.165, 1.54) is 11.0 Å². The van der Waals surface area contributed by atoms with Gasteiger partial charge in [-0.3, -0.25) is 4.90 Å². The molecule has 1 N–H and O–H groups in total. The summed E-state index contributed by atoms with van der Waals surface area (Å²) in [5.74, 6) is -1.84. The first kappa shape index (κ1) is 19.4. The van der Waals surface area contributed by atoms with Crippen LogP contribution in [0.25, 0.3) is 0 Å². The number of rotatable bonds is 3. The van der Waals surface area contributed by atoms with Gasteiger partial charge in [0.25, 0.3) is 6.43 Å². The van der Waals surface area contributed by atoms with E-state index >= 15 is 0 Å². The molecule has 0 aliphatic carbocycles. The normalized spacial score (nSPS) is 17.2. The molecule has 0 radical (unpaired) electrons. The molecule has 0 unspecified atom stereocenters. The summed E-state index contributed by atoms with van der Waals surface area (Å²) in [5, 5.41) is 3.02. The molecule has 0 amide bonds. The van der Waals surface area contributed by atoms with E-state index in [4.69, 9.17) is 0 Å². The molecule has 1 atom stereocenters. The van der Waals surface area contributed by atoms with Gasteiger partial charge in [0.15, 0.2) is 0 Å². The van der Waals surface area contributed by atoms with Crippen molar-refractivity contribution in [2.24, 2.45) is 0 Å². The molecule has 8 heteroatoms. The van der Waals surface area contributed by atoms with Crippen LogP contribution in [0.3, 0.4) is 0 Å². The molecular formula is C12H16Cl2F4N2. The summed E-state index contributed by atoms with van der Waals surface area (Å²) in [6, 6.07) is 1.67. The highest BCUT2D eigenvalue weighted by Crippen LogP contribution is 2.31. The van der Waals surface area contributed by atoms with Crippen LogP contribution in [0.4, 0.5) is 17.6 Å². The van der Waals surface area contributed by atoms with Gasteiger partial charge < -0.3 is 5.32 Å². The van der Waals surface area contributed by atoms with E-state index in [0.29, 0.717) is 26.2 Å². The standard InChI is InChI=1S/C12H14F4N2.2ClH/c13-8-2-1-3-9(14)10(8)11(12(15)16)18-6-4-17-5-7-18;;/h1-3,11-12,17H,4-7H2;2*1H/t11-;;/m0../s1. The number of benzene rings is 1. The third-order valence-electron chi connectivity index (χ3n) is 3.08. The van der Waals surface area contributed by atoms with Gasteiger partial charge in [0, 0.05) is 31.7 Å². The maximum atomic E-state index is 13.6. The van der Waals surface area contributed by atoms with Gasteiger partial charge in [0.1, 0.15) is 17.7 Å². The minimum atomic E-state index is -2.82. The Labute approximate surface area is 127 Å². The molecule has 1 aliphatic heterocycles. The lowest BCUT2D eigenvalue weighted by molar-refractivity contribution is 0.0145. The van der Waals surface area contributed by atoms with Crippen molar-refractivity contribution in [2.75, 3.05) is 26.2 Å². The van der Waals surface area contributed by atoms with Crippen molar-refractivity contribution in [3.63, 3.8) is 0 Å². The molecule has 116 valence electrons. The molecule has 2 rings (SSSR count). The van der Waals surface area contributed by atoms with Crippen molar-refractivity contribution in [1.82, 2.24) is 10.2 Å². The molecule has 1 aromatic rings. The van der Waals surface area contributed by atoms with E-state index in [9.17, 15) is 17.6 Å². The van der Waals surface area contributed by atoms with Gasteiger partial charge in [-0.25, -0.2) is 17.6 Å². The average Bonchev–Trinajstić information content (AvgIpc) is 2.34. The van der Waals surface area contributed by atoms with Crippen molar-refractivity contribution in [3.8, 4) is 0 Å². The minimum Gasteiger partial charge on any atom is -0.314 e. The van der Waals surface area contributed by atoms with Gasteiger partial charge >= 0.3 is 0 Å². The average molecular weight is 335 g/mol. The largest absolute Gasteiger partial charge is 0.314 e. The predicted octanol–water partition coefficient (Wildman–Crippen LogP) is 3.02. The molecule has 1 saturated heterocycles. The fourth-order valence-electron chi connectivity index (χ4n) is 2.22. The van der Waals surface area contributed by atoms with Crippen molar-refractivity contribution in [3.05, 3.63) is 35.4 Å². The van der Waals surface area contributed by atoms with E-state index in [1.807, 2.05) is 0 Å². The topological polar surface area (TPSA) is 15.3 Å². The summed E-state index contributed by atoms with van der Waals surface area (Å²) >= 11 is 0. The van der Waals surface area contributed by atoms with Crippen LogP contribution in [0, 0.1) is 11.6 Å². The maximum absolute atomic E-state index is 13.6. The number of hydrogen-bond donors (Lipinski definition) is 1. The third kappa shape index (κ3) is 4.22. The first-order valence-corrected chi connectivity index (χ1v) is 5.78. The molecule has 1 fully saturated rings. The number of hydrogen-bond acceptors (Lipinski definition) is 2. The molecule has 20 heavy (non-hydrogen) atoms. The third-order valence-corrected chi connectivity index (χ3v) is 3.08.